The summed E-state index contributed by atoms with van der Waals surface area (Å²) >= 11 is 0. The second-order valence-corrected chi connectivity index (χ2v) is 5.34. The van der Waals surface area contributed by atoms with Gasteiger partial charge in [0.1, 0.15) is 0 Å². The summed E-state index contributed by atoms with van der Waals surface area (Å²) in [5.41, 5.74) is 3.55. The molecule has 0 saturated carbocycles. The van der Waals surface area contributed by atoms with Crippen molar-refractivity contribution in [2.75, 3.05) is 7.05 Å². The Morgan fingerprint density at radius 2 is 1.59 bits per heavy atom. The van der Waals surface area contributed by atoms with Crippen LogP contribution in [0.4, 0.5) is 0 Å². The van der Waals surface area contributed by atoms with Gasteiger partial charge in [-0.1, -0.05) is 36.4 Å². The minimum atomic E-state index is 0.135. The lowest BCUT2D eigenvalue weighted by Gasteiger charge is -2.28. The summed E-state index contributed by atoms with van der Waals surface area (Å²) in [5, 5.41) is 0. The van der Waals surface area contributed by atoms with Gasteiger partial charge >= 0.3 is 0 Å². The van der Waals surface area contributed by atoms with E-state index in [0.717, 1.165) is 12.2 Å². The van der Waals surface area contributed by atoms with Gasteiger partial charge in [-0.15, -0.1) is 0 Å². The van der Waals surface area contributed by atoms with Crippen molar-refractivity contribution in [3.63, 3.8) is 0 Å². The Labute approximate surface area is 131 Å². The molecule has 1 aromatic carbocycles. The van der Waals surface area contributed by atoms with Crippen LogP contribution in [0.15, 0.2) is 79.3 Å². The third-order valence-corrected chi connectivity index (χ3v) is 3.71. The Morgan fingerprint density at radius 3 is 2.27 bits per heavy atom. The summed E-state index contributed by atoms with van der Waals surface area (Å²) in [6, 6.07) is 20.8. The van der Waals surface area contributed by atoms with Crippen molar-refractivity contribution >= 4 is 0 Å². The van der Waals surface area contributed by atoms with E-state index < -0.39 is 0 Å². The maximum absolute atomic E-state index is 4.56. The molecule has 3 nitrogen and oxygen atoms in total. The fraction of sp³-hybridized carbons (Fsp3) is 0.158. The van der Waals surface area contributed by atoms with E-state index >= 15 is 0 Å². The zero-order valence-electron chi connectivity index (χ0n) is 12.6. The molecule has 0 unspecified atom stereocenters. The van der Waals surface area contributed by atoms with Gasteiger partial charge < -0.3 is 0 Å². The molecule has 0 aliphatic carbocycles. The molecule has 22 heavy (non-hydrogen) atoms. The lowest BCUT2D eigenvalue weighted by atomic mass is 10.0. The number of aromatic nitrogens is 2. The monoisotopic (exact) mass is 289 g/mol. The molecule has 0 amide bonds. The van der Waals surface area contributed by atoms with Crippen LogP contribution >= 0.6 is 0 Å². The summed E-state index contributed by atoms with van der Waals surface area (Å²) in [5.74, 6) is 0. The molecule has 0 saturated heterocycles. The molecular formula is C19H19N3. The average Bonchev–Trinajstić information content (AvgIpc) is 2.58. The van der Waals surface area contributed by atoms with E-state index in [-0.39, 0.29) is 6.04 Å². The molecule has 0 N–H and O–H groups in total. The lowest BCUT2D eigenvalue weighted by Crippen LogP contribution is -2.26. The van der Waals surface area contributed by atoms with Gasteiger partial charge in [0, 0.05) is 25.1 Å². The lowest BCUT2D eigenvalue weighted by molar-refractivity contribution is 0.266. The summed E-state index contributed by atoms with van der Waals surface area (Å²) in [7, 11) is 2.13. The van der Waals surface area contributed by atoms with Crippen LogP contribution in [0.5, 0.6) is 0 Å². The van der Waals surface area contributed by atoms with Gasteiger partial charge in [0.25, 0.3) is 0 Å². The molecule has 2 aromatic heterocycles. The first-order valence-electron chi connectivity index (χ1n) is 7.39. The summed E-state index contributed by atoms with van der Waals surface area (Å²) < 4.78 is 0. The molecule has 0 fully saturated rings. The van der Waals surface area contributed by atoms with E-state index in [1.54, 1.807) is 0 Å². The van der Waals surface area contributed by atoms with Gasteiger partial charge in [0.05, 0.1) is 11.7 Å². The molecule has 2 heterocycles. The van der Waals surface area contributed by atoms with E-state index in [1.807, 2.05) is 36.8 Å². The molecular weight excluding hydrogens is 270 g/mol. The predicted octanol–water partition coefficient (Wildman–Crippen LogP) is 3.70. The summed E-state index contributed by atoms with van der Waals surface area (Å²) in [6.45, 7) is 0.846. The second-order valence-electron chi connectivity index (χ2n) is 5.34. The van der Waals surface area contributed by atoms with Gasteiger partial charge in [0.2, 0.25) is 0 Å². The number of nitrogens with zero attached hydrogens (tertiary/aromatic N) is 3. The molecule has 0 aliphatic rings. The first kappa shape index (κ1) is 14.4. The number of hydrogen-bond donors (Lipinski definition) is 0. The average molecular weight is 289 g/mol. The molecule has 1 atom stereocenters. The number of pyridine rings is 2. The molecule has 3 heteroatoms. The third-order valence-electron chi connectivity index (χ3n) is 3.71. The minimum absolute atomic E-state index is 0.135. The second kappa shape index (κ2) is 6.96. The zero-order chi connectivity index (χ0) is 15.2. The van der Waals surface area contributed by atoms with Crippen LogP contribution in [0.2, 0.25) is 0 Å². The van der Waals surface area contributed by atoms with Crippen LogP contribution in [-0.4, -0.2) is 21.9 Å². The van der Waals surface area contributed by atoms with Crippen molar-refractivity contribution in [2.24, 2.45) is 0 Å². The molecule has 0 aliphatic heterocycles. The van der Waals surface area contributed by atoms with Crippen LogP contribution in [0.25, 0.3) is 0 Å². The fourth-order valence-electron chi connectivity index (χ4n) is 2.69. The first-order chi connectivity index (χ1) is 10.8. The van der Waals surface area contributed by atoms with Gasteiger partial charge in [-0.25, -0.2) is 0 Å². The largest absolute Gasteiger partial charge is 0.290 e. The highest BCUT2D eigenvalue weighted by Crippen LogP contribution is 2.27. The summed E-state index contributed by atoms with van der Waals surface area (Å²) in [4.78, 5) is 11.0. The first-order valence-corrected chi connectivity index (χ1v) is 7.39. The van der Waals surface area contributed by atoms with E-state index in [4.69, 9.17) is 0 Å². The SMILES string of the molecule is CN(Cc1ccncc1)[C@@H](c1ccccc1)c1ccccn1. The highest BCUT2D eigenvalue weighted by molar-refractivity contribution is 5.28. The van der Waals surface area contributed by atoms with Gasteiger partial charge in [-0.05, 0) is 42.4 Å². The smallest absolute Gasteiger partial charge is 0.0776 e. The third kappa shape index (κ3) is 3.38. The van der Waals surface area contributed by atoms with Crippen LogP contribution in [-0.2, 0) is 6.54 Å². The van der Waals surface area contributed by atoms with Crippen LogP contribution in [0.1, 0.15) is 22.9 Å². The number of rotatable bonds is 5. The predicted molar refractivity (Wildman–Crippen MR) is 88.2 cm³/mol. The van der Waals surface area contributed by atoms with E-state index in [9.17, 15) is 0 Å². The highest BCUT2D eigenvalue weighted by atomic mass is 15.1. The van der Waals surface area contributed by atoms with Gasteiger partial charge in [0.15, 0.2) is 0 Å². The van der Waals surface area contributed by atoms with Crippen LogP contribution in [0.3, 0.4) is 0 Å². The molecule has 110 valence electrons. The number of hydrogen-bond acceptors (Lipinski definition) is 3. The normalized spacial score (nSPS) is 12.3. The highest BCUT2D eigenvalue weighted by Gasteiger charge is 2.20. The van der Waals surface area contributed by atoms with Crippen molar-refractivity contribution < 1.29 is 0 Å². The van der Waals surface area contributed by atoms with Gasteiger partial charge in [-0.2, -0.15) is 0 Å². The Kier molecular flexibility index (Phi) is 4.56. The molecule has 0 spiro atoms. The maximum atomic E-state index is 4.56. The van der Waals surface area contributed by atoms with E-state index in [0.29, 0.717) is 0 Å². The Morgan fingerprint density at radius 1 is 0.864 bits per heavy atom. The maximum Gasteiger partial charge on any atom is 0.0776 e. The van der Waals surface area contributed by atoms with Gasteiger partial charge in [-0.3, -0.25) is 14.9 Å². The van der Waals surface area contributed by atoms with Crippen molar-refractivity contribution in [2.45, 2.75) is 12.6 Å². The van der Waals surface area contributed by atoms with Crippen molar-refractivity contribution in [1.82, 2.24) is 14.9 Å². The van der Waals surface area contributed by atoms with Crippen molar-refractivity contribution in [3.8, 4) is 0 Å². The Bertz CT molecular complexity index is 644. The Hall–Kier alpha value is -2.52. The van der Waals surface area contributed by atoms with Crippen molar-refractivity contribution in [3.05, 3.63) is 96.1 Å². The molecule has 0 radical (unpaired) electrons. The molecule has 3 rings (SSSR count). The standard InChI is InChI=1S/C19H19N3/c1-22(15-16-10-13-20-14-11-16)19(17-7-3-2-4-8-17)18-9-5-6-12-21-18/h2-14,19H,15H2,1H3/t19-/m0/s1. The van der Waals surface area contributed by atoms with Crippen molar-refractivity contribution in [1.29, 1.82) is 0 Å². The van der Waals surface area contributed by atoms with Crippen LogP contribution < -0.4 is 0 Å². The quantitative estimate of drug-likeness (QED) is 0.717. The topological polar surface area (TPSA) is 29.0 Å². The molecule has 3 aromatic rings. The molecule has 0 bridgehead atoms. The number of benzene rings is 1. The zero-order valence-corrected chi connectivity index (χ0v) is 12.6. The van der Waals surface area contributed by atoms with E-state index in [2.05, 4.69) is 64.4 Å². The Balaban J connectivity index is 1.92. The minimum Gasteiger partial charge on any atom is -0.290 e. The summed E-state index contributed by atoms with van der Waals surface area (Å²) in [6.07, 6.45) is 5.52. The fourth-order valence-corrected chi connectivity index (χ4v) is 2.69. The van der Waals surface area contributed by atoms with Crippen LogP contribution in [0, 0.1) is 0 Å². The van der Waals surface area contributed by atoms with E-state index in [1.165, 1.54) is 11.1 Å².